The molecular weight excluding hydrogens is 484 g/mol. The molecule has 4 rings (SSSR count). The van der Waals surface area contributed by atoms with E-state index in [-0.39, 0.29) is 17.1 Å². The van der Waals surface area contributed by atoms with Crippen molar-refractivity contribution in [1.82, 2.24) is 4.41 Å². The van der Waals surface area contributed by atoms with Gasteiger partial charge in [0.15, 0.2) is 0 Å². The Kier molecular flexibility index (Phi) is 6.41. The molecule has 0 fully saturated rings. The monoisotopic (exact) mass is 505 g/mol. The first kappa shape index (κ1) is 23.8. The number of benzene rings is 3. The third-order valence-electron chi connectivity index (χ3n) is 5.30. The van der Waals surface area contributed by atoms with Crippen LogP contribution in [-0.2, 0) is 20.0 Å². The zero-order valence-electron chi connectivity index (χ0n) is 18.0. The molecule has 1 heterocycles. The third kappa shape index (κ3) is 4.95. The van der Waals surface area contributed by atoms with Gasteiger partial charge < -0.3 is 0 Å². The Morgan fingerprint density at radius 3 is 2.29 bits per heavy atom. The molecular formula is C23H21F2N3O4S2. The van der Waals surface area contributed by atoms with Gasteiger partial charge in [0.1, 0.15) is 11.6 Å². The lowest BCUT2D eigenvalue weighted by atomic mass is 9.99. The maximum Gasteiger partial charge on any atom is 0.279 e. The highest BCUT2D eigenvalue weighted by Crippen LogP contribution is 2.37. The fourth-order valence-electron chi connectivity index (χ4n) is 3.60. The van der Waals surface area contributed by atoms with Crippen molar-refractivity contribution in [2.24, 2.45) is 5.10 Å². The fraction of sp³-hybridized carbons (Fsp3) is 0.174. The van der Waals surface area contributed by atoms with Gasteiger partial charge in [0.05, 0.1) is 22.4 Å². The molecule has 1 aliphatic heterocycles. The molecule has 0 spiro atoms. The molecule has 178 valence electrons. The highest BCUT2D eigenvalue weighted by Gasteiger charge is 2.38. The molecule has 11 heteroatoms. The first-order chi connectivity index (χ1) is 16.1. The van der Waals surface area contributed by atoms with Gasteiger partial charge in [0.25, 0.3) is 10.0 Å². The molecule has 34 heavy (non-hydrogen) atoms. The molecule has 0 radical (unpaired) electrons. The summed E-state index contributed by atoms with van der Waals surface area (Å²) in [5, 5.41) is 4.32. The van der Waals surface area contributed by atoms with E-state index in [1.165, 1.54) is 37.3 Å². The van der Waals surface area contributed by atoms with Crippen molar-refractivity contribution in [3.8, 4) is 0 Å². The highest BCUT2D eigenvalue weighted by molar-refractivity contribution is 7.92. The van der Waals surface area contributed by atoms with Gasteiger partial charge in [-0.2, -0.15) is 17.9 Å². The molecule has 0 aromatic heterocycles. The number of hydrogen-bond donors (Lipinski definition) is 1. The van der Waals surface area contributed by atoms with Crippen LogP contribution in [0.1, 0.15) is 30.5 Å². The normalized spacial score (nSPS) is 16.4. The summed E-state index contributed by atoms with van der Waals surface area (Å²) < 4.78 is 81.7. The fourth-order valence-corrected chi connectivity index (χ4v) is 5.69. The lowest BCUT2D eigenvalue weighted by Gasteiger charge is -2.23. The van der Waals surface area contributed by atoms with Gasteiger partial charge in [0, 0.05) is 12.1 Å². The molecule has 0 aliphatic carbocycles. The Labute approximate surface area is 196 Å². The van der Waals surface area contributed by atoms with E-state index in [2.05, 4.69) is 9.82 Å². The zero-order chi connectivity index (χ0) is 24.5. The van der Waals surface area contributed by atoms with E-state index in [0.29, 0.717) is 22.5 Å². The van der Waals surface area contributed by atoms with Crippen molar-refractivity contribution >= 4 is 31.4 Å². The summed E-state index contributed by atoms with van der Waals surface area (Å²) in [5.74, 6) is -1.37. The average molecular weight is 506 g/mol. The predicted molar refractivity (Wildman–Crippen MR) is 125 cm³/mol. The number of hydrazone groups is 1. The second kappa shape index (κ2) is 9.15. The van der Waals surface area contributed by atoms with Crippen LogP contribution in [0.25, 0.3) is 0 Å². The largest absolute Gasteiger partial charge is 0.284 e. The number of hydrogen-bond acceptors (Lipinski definition) is 5. The summed E-state index contributed by atoms with van der Waals surface area (Å²) in [4.78, 5) is -0.289. The lowest BCUT2D eigenvalue weighted by Crippen LogP contribution is -2.27. The van der Waals surface area contributed by atoms with E-state index >= 15 is 0 Å². The van der Waals surface area contributed by atoms with Gasteiger partial charge in [-0.1, -0.05) is 30.3 Å². The molecule has 1 aliphatic rings. The molecule has 0 bridgehead atoms. The second-order valence-corrected chi connectivity index (χ2v) is 11.4. The molecule has 7 nitrogen and oxygen atoms in total. The van der Waals surface area contributed by atoms with E-state index in [0.717, 1.165) is 16.5 Å². The number of nitrogens with zero attached hydrogens (tertiary/aromatic N) is 2. The van der Waals surface area contributed by atoms with Crippen LogP contribution in [0.4, 0.5) is 14.5 Å². The molecule has 3 aromatic rings. The number of nitrogens with one attached hydrogen (secondary N) is 1. The van der Waals surface area contributed by atoms with Crippen LogP contribution in [0.15, 0.2) is 82.8 Å². The van der Waals surface area contributed by atoms with Gasteiger partial charge in [-0.05, 0) is 60.5 Å². The minimum atomic E-state index is -4.28. The maximum atomic E-state index is 14.0. The Bertz CT molecular complexity index is 1470. The summed E-state index contributed by atoms with van der Waals surface area (Å²) in [6.45, 7) is 1.51. The Morgan fingerprint density at radius 1 is 0.941 bits per heavy atom. The lowest BCUT2D eigenvalue weighted by molar-refractivity contribution is 0.370. The molecule has 0 amide bonds. The van der Waals surface area contributed by atoms with E-state index < -0.39 is 37.7 Å². The summed E-state index contributed by atoms with van der Waals surface area (Å²) in [6.07, 6.45) is 0.0992. The van der Waals surface area contributed by atoms with Crippen LogP contribution in [-0.4, -0.2) is 32.7 Å². The first-order valence-corrected chi connectivity index (χ1v) is 13.4. The van der Waals surface area contributed by atoms with Crippen LogP contribution >= 0.6 is 0 Å². The van der Waals surface area contributed by atoms with Crippen molar-refractivity contribution in [1.29, 1.82) is 0 Å². The summed E-state index contributed by atoms with van der Waals surface area (Å²) in [7, 11) is -7.80. The van der Waals surface area contributed by atoms with Crippen LogP contribution in [0.2, 0.25) is 0 Å². The summed E-state index contributed by atoms with van der Waals surface area (Å²) in [6, 6.07) is 15.6. The van der Waals surface area contributed by atoms with Gasteiger partial charge in [-0.15, -0.1) is 0 Å². The van der Waals surface area contributed by atoms with Gasteiger partial charge >= 0.3 is 0 Å². The van der Waals surface area contributed by atoms with Crippen LogP contribution in [0.3, 0.4) is 0 Å². The second-order valence-electron chi connectivity index (χ2n) is 7.64. The first-order valence-electron chi connectivity index (χ1n) is 10.3. The van der Waals surface area contributed by atoms with E-state index in [1.54, 1.807) is 30.3 Å². The van der Waals surface area contributed by atoms with Crippen LogP contribution < -0.4 is 4.72 Å². The predicted octanol–water partition coefficient (Wildman–Crippen LogP) is 4.27. The van der Waals surface area contributed by atoms with Crippen molar-refractivity contribution in [2.45, 2.75) is 24.3 Å². The smallest absolute Gasteiger partial charge is 0.279 e. The van der Waals surface area contributed by atoms with E-state index in [1.807, 2.05) is 0 Å². The van der Waals surface area contributed by atoms with Crippen molar-refractivity contribution in [3.05, 3.63) is 95.6 Å². The van der Waals surface area contributed by atoms with Crippen LogP contribution in [0, 0.1) is 11.6 Å². The number of anilines is 1. The highest BCUT2D eigenvalue weighted by atomic mass is 32.2. The van der Waals surface area contributed by atoms with Gasteiger partial charge in [-0.25, -0.2) is 17.2 Å². The number of rotatable bonds is 7. The number of sulfonamides is 2. The minimum absolute atomic E-state index is 0.0992. The molecule has 0 unspecified atom stereocenters. The average Bonchev–Trinajstić information content (AvgIpc) is 3.26. The van der Waals surface area contributed by atoms with E-state index in [4.69, 9.17) is 0 Å². The van der Waals surface area contributed by atoms with Crippen LogP contribution in [0.5, 0.6) is 0 Å². The Balaban J connectivity index is 1.78. The maximum absolute atomic E-state index is 14.0. The standard InChI is InChI=1S/C23H21F2N3O4S2/c1-2-33(29,30)27-20-10-4-6-16(13-20)22-15-23(17-7-3-8-18(24)12-17)28(26-22)34(31,32)21-11-5-9-19(25)14-21/h3-14,23,27H,2,15H2,1H3/t23-/m1/s1. The molecule has 0 saturated heterocycles. The van der Waals surface area contributed by atoms with Crippen molar-refractivity contribution in [3.63, 3.8) is 0 Å². The SMILES string of the molecule is CCS(=O)(=O)Nc1cccc(C2=NN(S(=O)(=O)c3cccc(F)c3)[C@@H](c3cccc(F)c3)C2)c1. The molecule has 3 aromatic carbocycles. The van der Waals surface area contributed by atoms with Crippen molar-refractivity contribution in [2.75, 3.05) is 10.5 Å². The Hall–Kier alpha value is -3.31. The van der Waals surface area contributed by atoms with Crippen molar-refractivity contribution < 1.29 is 25.6 Å². The Morgan fingerprint density at radius 2 is 1.62 bits per heavy atom. The number of halogens is 2. The summed E-state index contributed by atoms with van der Waals surface area (Å²) in [5.41, 5.74) is 1.53. The third-order valence-corrected chi connectivity index (χ3v) is 8.28. The topological polar surface area (TPSA) is 95.9 Å². The quantitative estimate of drug-likeness (QED) is 0.519. The molecule has 1 N–H and O–H groups in total. The minimum Gasteiger partial charge on any atom is -0.284 e. The zero-order valence-corrected chi connectivity index (χ0v) is 19.7. The van der Waals surface area contributed by atoms with Gasteiger partial charge in [0.2, 0.25) is 10.0 Å². The summed E-state index contributed by atoms with van der Waals surface area (Å²) >= 11 is 0. The molecule has 1 atom stereocenters. The van der Waals surface area contributed by atoms with E-state index in [9.17, 15) is 25.6 Å². The molecule has 0 saturated carbocycles. The van der Waals surface area contributed by atoms with Gasteiger partial charge in [-0.3, -0.25) is 4.72 Å².